The standard InChI is InChI=1S/C25H23ClN4O3S/c1-17-3-7-21(13-18(17)2)29-34(32,33)24-14-20(6-10-23(24)26)25(31)28-15-19-4-8-22(9-5-19)30-12-11-27-16-30/h3-14,16,29H,15H2,1-2H3,(H,28,31). The number of aryl methyl sites for hydroxylation is 2. The number of rotatable bonds is 7. The lowest BCUT2D eigenvalue weighted by Gasteiger charge is -2.12. The Labute approximate surface area is 203 Å². The molecule has 1 heterocycles. The van der Waals surface area contributed by atoms with E-state index in [0.717, 1.165) is 22.4 Å². The molecule has 4 rings (SSSR count). The summed E-state index contributed by atoms with van der Waals surface area (Å²) in [5, 5.41) is 2.85. The number of imidazole rings is 1. The van der Waals surface area contributed by atoms with Crippen LogP contribution in [0.2, 0.25) is 5.02 Å². The zero-order valence-electron chi connectivity index (χ0n) is 18.6. The van der Waals surface area contributed by atoms with E-state index in [2.05, 4.69) is 15.0 Å². The van der Waals surface area contributed by atoms with Gasteiger partial charge in [-0.05, 0) is 73.0 Å². The molecule has 0 atom stereocenters. The van der Waals surface area contributed by atoms with Crippen molar-refractivity contribution in [1.29, 1.82) is 0 Å². The van der Waals surface area contributed by atoms with Crippen LogP contribution in [0.15, 0.2) is 84.3 Å². The maximum absolute atomic E-state index is 13.0. The summed E-state index contributed by atoms with van der Waals surface area (Å²) in [6.07, 6.45) is 5.25. The van der Waals surface area contributed by atoms with Crippen LogP contribution in [0.25, 0.3) is 5.69 Å². The molecule has 0 spiro atoms. The van der Waals surface area contributed by atoms with E-state index in [0.29, 0.717) is 5.69 Å². The third-order valence-electron chi connectivity index (χ3n) is 5.43. The Morgan fingerprint density at radius 3 is 2.44 bits per heavy atom. The van der Waals surface area contributed by atoms with E-state index >= 15 is 0 Å². The summed E-state index contributed by atoms with van der Waals surface area (Å²) >= 11 is 6.18. The first-order chi connectivity index (χ1) is 16.2. The van der Waals surface area contributed by atoms with Crippen molar-refractivity contribution in [3.8, 4) is 5.69 Å². The molecule has 4 aromatic rings. The number of hydrogen-bond donors (Lipinski definition) is 2. The first-order valence-electron chi connectivity index (χ1n) is 10.5. The average molecular weight is 495 g/mol. The van der Waals surface area contributed by atoms with E-state index in [1.165, 1.54) is 18.2 Å². The third-order valence-corrected chi connectivity index (χ3v) is 7.30. The van der Waals surface area contributed by atoms with Crippen LogP contribution in [0.4, 0.5) is 5.69 Å². The van der Waals surface area contributed by atoms with Crippen LogP contribution in [0.3, 0.4) is 0 Å². The largest absolute Gasteiger partial charge is 0.348 e. The second-order valence-electron chi connectivity index (χ2n) is 7.87. The molecular weight excluding hydrogens is 472 g/mol. The van der Waals surface area contributed by atoms with Crippen LogP contribution < -0.4 is 10.0 Å². The molecule has 0 aliphatic rings. The molecule has 174 valence electrons. The van der Waals surface area contributed by atoms with E-state index in [9.17, 15) is 13.2 Å². The van der Waals surface area contributed by atoms with Crippen LogP contribution in [-0.2, 0) is 16.6 Å². The summed E-state index contributed by atoms with van der Waals surface area (Å²) in [5.74, 6) is -0.405. The molecule has 0 saturated heterocycles. The lowest BCUT2D eigenvalue weighted by atomic mass is 10.1. The minimum atomic E-state index is -3.99. The van der Waals surface area contributed by atoms with Crippen molar-refractivity contribution < 1.29 is 13.2 Å². The number of benzene rings is 3. The van der Waals surface area contributed by atoms with Gasteiger partial charge in [0, 0.05) is 35.9 Å². The second kappa shape index (κ2) is 9.70. The van der Waals surface area contributed by atoms with E-state index in [4.69, 9.17) is 11.6 Å². The highest BCUT2D eigenvalue weighted by atomic mass is 35.5. The van der Waals surface area contributed by atoms with Crippen molar-refractivity contribution in [2.24, 2.45) is 0 Å². The number of hydrogen-bond acceptors (Lipinski definition) is 4. The molecule has 0 saturated carbocycles. The van der Waals surface area contributed by atoms with Crippen LogP contribution in [-0.4, -0.2) is 23.9 Å². The highest BCUT2D eigenvalue weighted by Crippen LogP contribution is 2.26. The molecule has 0 aliphatic heterocycles. The molecule has 0 unspecified atom stereocenters. The monoisotopic (exact) mass is 494 g/mol. The first-order valence-corrected chi connectivity index (χ1v) is 12.3. The van der Waals surface area contributed by atoms with Gasteiger partial charge in [0.1, 0.15) is 4.90 Å². The Morgan fingerprint density at radius 2 is 1.76 bits per heavy atom. The Kier molecular flexibility index (Phi) is 6.72. The normalized spacial score (nSPS) is 11.3. The number of carbonyl (C=O) groups excluding carboxylic acids is 1. The Morgan fingerprint density at radius 1 is 1.00 bits per heavy atom. The molecule has 0 radical (unpaired) electrons. The van der Waals surface area contributed by atoms with Crippen molar-refractivity contribution in [2.75, 3.05) is 4.72 Å². The topological polar surface area (TPSA) is 93.1 Å². The average Bonchev–Trinajstić information content (AvgIpc) is 3.35. The molecule has 9 heteroatoms. The number of sulfonamides is 1. The Hall–Kier alpha value is -3.62. The minimum Gasteiger partial charge on any atom is -0.348 e. The van der Waals surface area contributed by atoms with Crippen LogP contribution >= 0.6 is 11.6 Å². The van der Waals surface area contributed by atoms with Crippen molar-refractivity contribution in [3.05, 3.63) is 107 Å². The highest BCUT2D eigenvalue weighted by molar-refractivity contribution is 7.92. The summed E-state index contributed by atoms with van der Waals surface area (Å²) in [5.41, 5.74) is 4.48. The zero-order valence-corrected chi connectivity index (χ0v) is 20.2. The minimum absolute atomic E-state index is 0.0305. The molecule has 7 nitrogen and oxygen atoms in total. The number of carbonyl (C=O) groups is 1. The maximum Gasteiger partial charge on any atom is 0.263 e. The first kappa shape index (κ1) is 23.5. The van der Waals surface area contributed by atoms with Gasteiger partial charge in [-0.15, -0.1) is 0 Å². The number of aromatic nitrogens is 2. The van der Waals surface area contributed by atoms with E-state index in [1.807, 2.05) is 54.9 Å². The summed E-state index contributed by atoms with van der Waals surface area (Å²) in [6.45, 7) is 4.13. The lowest BCUT2D eigenvalue weighted by Crippen LogP contribution is -2.23. The van der Waals surface area contributed by atoms with Gasteiger partial charge < -0.3 is 9.88 Å². The lowest BCUT2D eigenvalue weighted by molar-refractivity contribution is 0.0950. The Bertz CT molecular complexity index is 1430. The van der Waals surface area contributed by atoms with E-state index in [1.54, 1.807) is 24.7 Å². The van der Waals surface area contributed by atoms with Crippen molar-refractivity contribution in [1.82, 2.24) is 14.9 Å². The smallest absolute Gasteiger partial charge is 0.263 e. The summed E-state index contributed by atoms with van der Waals surface area (Å²) < 4.78 is 30.3. The van der Waals surface area contributed by atoms with Gasteiger partial charge in [0.2, 0.25) is 0 Å². The van der Waals surface area contributed by atoms with Crippen molar-refractivity contribution in [3.63, 3.8) is 0 Å². The van der Waals surface area contributed by atoms with E-state index in [-0.39, 0.29) is 22.0 Å². The quantitative estimate of drug-likeness (QED) is 0.383. The molecule has 1 amide bonds. The molecule has 0 aliphatic carbocycles. The SMILES string of the molecule is Cc1ccc(NS(=O)(=O)c2cc(C(=O)NCc3ccc(-n4ccnc4)cc3)ccc2Cl)cc1C. The summed E-state index contributed by atoms with van der Waals surface area (Å²) in [7, 11) is -3.99. The van der Waals surface area contributed by atoms with E-state index < -0.39 is 15.9 Å². The van der Waals surface area contributed by atoms with Gasteiger partial charge in [0.25, 0.3) is 15.9 Å². The fourth-order valence-electron chi connectivity index (χ4n) is 3.35. The van der Waals surface area contributed by atoms with Gasteiger partial charge in [-0.1, -0.05) is 29.8 Å². The number of anilines is 1. The molecule has 1 aromatic heterocycles. The molecule has 34 heavy (non-hydrogen) atoms. The van der Waals surface area contributed by atoms with Crippen molar-refractivity contribution >= 4 is 33.2 Å². The Balaban J connectivity index is 1.47. The predicted octanol–water partition coefficient (Wildman–Crippen LogP) is 4.87. The van der Waals surface area contributed by atoms with Gasteiger partial charge >= 0.3 is 0 Å². The van der Waals surface area contributed by atoms with Gasteiger partial charge in [0.05, 0.1) is 11.3 Å². The van der Waals surface area contributed by atoms with Crippen LogP contribution in [0.5, 0.6) is 0 Å². The third kappa shape index (κ3) is 5.30. The van der Waals surface area contributed by atoms with Gasteiger partial charge in [-0.3, -0.25) is 9.52 Å². The number of halogens is 1. The fraction of sp³-hybridized carbons (Fsp3) is 0.120. The van der Waals surface area contributed by atoms with Crippen LogP contribution in [0, 0.1) is 13.8 Å². The molecular formula is C25H23ClN4O3S. The van der Waals surface area contributed by atoms with Gasteiger partial charge in [-0.25, -0.2) is 13.4 Å². The number of nitrogens with one attached hydrogen (secondary N) is 2. The second-order valence-corrected chi connectivity index (χ2v) is 9.93. The summed E-state index contributed by atoms with van der Waals surface area (Å²) in [4.78, 5) is 16.6. The fourth-order valence-corrected chi connectivity index (χ4v) is 4.92. The van der Waals surface area contributed by atoms with Gasteiger partial charge in [0.15, 0.2) is 0 Å². The highest BCUT2D eigenvalue weighted by Gasteiger charge is 2.20. The van der Waals surface area contributed by atoms with Crippen LogP contribution in [0.1, 0.15) is 27.0 Å². The number of nitrogens with zero attached hydrogens (tertiary/aromatic N) is 2. The molecule has 2 N–H and O–H groups in total. The molecule has 0 bridgehead atoms. The summed E-state index contributed by atoms with van der Waals surface area (Å²) in [6, 6.07) is 17.1. The number of amides is 1. The zero-order chi connectivity index (χ0) is 24.3. The van der Waals surface area contributed by atoms with Gasteiger partial charge in [-0.2, -0.15) is 0 Å². The maximum atomic E-state index is 13.0. The molecule has 0 fully saturated rings. The predicted molar refractivity (Wildman–Crippen MR) is 133 cm³/mol. The molecule has 3 aromatic carbocycles. The van der Waals surface area contributed by atoms with Crippen molar-refractivity contribution in [2.45, 2.75) is 25.3 Å².